The number of hydrogen-bond acceptors (Lipinski definition) is 3. The number of primary amides is 1. The van der Waals surface area contributed by atoms with Crippen molar-refractivity contribution in [2.24, 2.45) is 5.73 Å². The van der Waals surface area contributed by atoms with Crippen molar-refractivity contribution in [2.75, 3.05) is 0 Å². The number of rotatable bonds is 7. The van der Waals surface area contributed by atoms with E-state index < -0.39 is 12.5 Å². The third-order valence-corrected chi connectivity index (χ3v) is 2.86. The number of ether oxygens (including phenoxy) is 2. The van der Waals surface area contributed by atoms with Crippen LogP contribution in [-0.2, 0) is 17.8 Å². The summed E-state index contributed by atoms with van der Waals surface area (Å²) in [5.41, 5.74) is 6.37. The van der Waals surface area contributed by atoms with Crippen LogP contribution in [0.3, 0.4) is 0 Å². The summed E-state index contributed by atoms with van der Waals surface area (Å²) in [5, 5.41) is 0. The fourth-order valence-corrected chi connectivity index (χ4v) is 1.94. The second-order valence-electron chi connectivity index (χ2n) is 4.57. The predicted octanol–water partition coefficient (Wildman–Crippen LogP) is 2.89. The molecule has 0 aromatic heterocycles. The maximum atomic E-state index is 12.3. The molecule has 6 heteroatoms. The third-order valence-electron chi connectivity index (χ3n) is 2.86. The molecule has 2 aromatic carbocycles. The van der Waals surface area contributed by atoms with Crippen LogP contribution in [0.5, 0.6) is 11.5 Å². The molecule has 4 nitrogen and oxygen atoms in total. The van der Waals surface area contributed by atoms with Crippen molar-refractivity contribution in [3.63, 3.8) is 0 Å². The molecule has 0 aliphatic carbocycles. The van der Waals surface area contributed by atoms with Gasteiger partial charge in [-0.1, -0.05) is 30.3 Å². The van der Waals surface area contributed by atoms with Gasteiger partial charge in [0.25, 0.3) is 0 Å². The summed E-state index contributed by atoms with van der Waals surface area (Å²) in [6.45, 7) is -2.82. The van der Waals surface area contributed by atoms with E-state index in [0.717, 1.165) is 5.56 Å². The molecule has 0 saturated heterocycles. The van der Waals surface area contributed by atoms with Crippen LogP contribution < -0.4 is 15.2 Å². The molecule has 2 rings (SSSR count). The standard InChI is InChI=1S/C16H15F2NO3/c17-16(18)22-14-7-2-1-5-12(14)10-21-13-6-3-4-11(8-13)9-15(19)20/h1-8,16H,9-10H2,(H2,19,20). The summed E-state index contributed by atoms with van der Waals surface area (Å²) in [5.74, 6) is 0.157. The lowest BCUT2D eigenvalue weighted by Gasteiger charge is -2.12. The summed E-state index contributed by atoms with van der Waals surface area (Å²) in [6, 6.07) is 13.3. The number of para-hydroxylation sites is 1. The molecular formula is C16H15F2NO3. The van der Waals surface area contributed by atoms with Gasteiger partial charge in [0.05, 0.1) is 6.42 Å². The Balaban J connectivity index is 2.05. The first-order valence-electron chi connectivity index (χ1n) is 6.57. The first kappa shape index (κ1) is 15.8. The van der Waals surface area contributed by atoms with Gasteiger partial charge < -0.3 is 15.2 Å². The fraction of sp³-hybridized carbons (Fsp3) is 0.188. The molecule has 0 atom stereocenters. The normalized spacial score (nSPS) is 10.5. The Morgan fingerprint density at radius 3 is 2.64 bits per heavy atom. The van der Waals surface area contributed by atoms with E-state index in [1.807, 2.05) is 0 Å². The highest BCUT2D eigenvalue weighted by molar-refractivity contribution is 5.76. The largest absolute Gasteiger partial charge is 0.489 e. The SMILES string of the molecule is NC(=O)Cc1cccc(OCc2ccccc2OC(F)F)c1. The molecule has 0 aliphatic rings. The Hall–Kier alpha value is -2.63. The van der Waals surface area contributed by atoms with Crippen molar-refractivity contribution in [1.29, 1.82) is 0 Å². The summed E-state index contributed by atoms with van der Waals surface area (Å²) in [7, 11) is 0. The number of amides is 1. The lowest BCUT2D eigenvalue weighted by molar-refractivity contribution is -0.117. The van der Waals surface area contributed by atoms with Crippen molar-refractivity contribution in [2.45, 2.75) is 19.6 Å². The molecule has 0 radical (unpaired) electrons. The molecule has 0 unspecified atom stereocenters. The van der Waals surface area contributed by atoms with Gasteiger partial charge in [-0.25, -0.2) is 0 Å². The maximum absolute atomic E-state index is 12.3. The second-order valence-corrected chi connectivity index (χ2v) is 4.57. The van der Waals surface area contributed by atoms with E-state index in [9.17, 15) is 13.6 Å². The highest BCUT2D eigenvalue weighted by atomic mass is 19.3. The molecule has 2 N–H and O–H groups in total. The van der Waals surface area contributed by atoms with Gasteiger partial charge in [0.2, 0.25) is 5.91 Å². The average molecular weight is 307 g/mol. The van der Waals surface area contributed by atoms with Gasteiger partial charge in [-0.3, -0.25) is 4.79 Å². The van der Waals surface area contributed by atoms with Crippen molar-refractivity contribution in [3.8, 4) is 11.5 Å². The minimum atomic E-state index is -2.89. The van der Waals surface area contributed by atoms with E-state index in [1.54, 1.807) is 42.5 Å². The number of carbonyl (C=O) groups excluding carboxylic acids is 1. The van der Waals surface area contributed by atoms with E-state index >= 15 is 0 Å². The van der Waals surface area contributed by atoms with E-state index in [4.69, 9.17) is 10.5 Å². The van der Waals surface area contributed by atoms with Crippen LogP contribution in [0.4, 0.5) is 8.78 Å². The molecule has 22 heavy (non-hydrogen) atoms. The summed E-state index contributed by atoms with van der Waals surface area (Å²) in [6.07, 6.45) is 0.113. The first-order valence-corrected chi connectivity index (χ1v) is 6.57. The predicted molar refractivity (Wildman–Crippen MR) is 76.7 cm³/mol. The Morgan fingerprint density at radius 2 is 1.91 bits per heavy atom. The Labute approximate surface area is 126 Å². The summed E-state index contributed by atoms with van der Waals surface area (Å²) >= 11 is 0. The quantitative estimate of drug-likeness (QED) is 0.855. The lowest BCUT2D eigenvalue weighted by Crippen LogP contribution is -2.13. The highest BCUT2D eigenvalue weighted by Gasteiger charge is 2.09. The number of hydrogen-bond donors (Lipinski definition) is 1. The van der Waals surface area contributed by atoms with Gasteiger partial charge in [0, 0.05) is 5.56 Å². The molecule has 0 saturated carbocycles. The first-order chi connectivity index (χ1) is 10.5. The molecule has 2 aromatic rings. The van der Waals surface area contributed by atoms with Gasteiger partial charge in [0.15, 0.2) is 0 Å². The van der Waals surface area contributed by atoms with Crippen molar-refractivity contribution in [3.05, 3.63) is 59.7 Å². The zero-order valence-electron chi connectivity index (χ0n) is 11.7. The van der Waals surface area contributed by atoms with Gasteiger partial charge in [-0.2, -0.15) is 8.78 Å². The average Bonchev–Trinajstić information content (AvgIpc) is 2.45. The van der Waals surface area contributed by atoms with Crippen LogP contribution in [0, 0.1) is 0 Å². The van der Waals surface area contributed by atoms with Gasteiger partial charge >= 0.3 is 6.61 Å². The molecule has 1 amide bonds. The fourth-order valence-electron chi connectivity index (χ4n) is 1.94. The van der Waals surface area contributed by atoms with Crippen molar-refractivity contribution in [1.82, 2.24) is 0 Å². The molecule has 0 bridgehead atoms. The molecule has 0 fully saturated rings. The van der Waals surface area contributed by atoms with Crippen molar-refractivity contribution < 1.29 is 23.0 Å². The molecular weight excluding hydrogens is 292 g/mol. The molecule has 0 spiro atoms. The second kappa shape index (κ2) is 7.40. The minimum Gasteiger partial charge on any atom is -0.489 e. The highest BCUT2D eigenvalue weighted by Crippen LogP contribution is 2.22. The van der Waals surface area contributed by atoms with E-state index in [2.05, 4.69) is 4.74 Å². The van der Waals surface area contributed by atoms with Crippen LogP contribution in [0.15, 0.2) is 48.5 Å². The lowest BCUT2D eigenvalue weighted by atomic mass is 10.1. The Bertz CT molecular complexity index is 647. The topological polar surface area (TPSA) is 61.6 Å². The summed E-state index contributed by atoms with van der Waals surface area (Å²) in [4.78, 5) is 10.9. The third kappa shape index (κ3) is 4.73. The number of nitrogens with two attached hydrogens (primary N) is 1. The molecule has 116 valence electrons. The number of alkyl halides is 2. The van der Waals surface area contributed by atoms with Crippen LogP contribution in [0.2, 0.25) is 0 Å². The smallest absolute Gasteiger partial charge is 0.387 e. The molecule has 0 heterocycles. The van der Waals surface area contributed by atoms with E-state index in [0.29, 0.717) is 11.3 Å². The van der Waals surface area contributed by atoms with Gasteiger partial charge in [-0.15, -0.1) is 0 Å². The van der Waals surface area contributed by atoms with Crippen LogP contribution in [0.1, 0.15) is 11.1 Å². The van der Waals surface area contributed by atoms with Gasteiger partial charge in [-0.05, 0) is 23.8 Å². The van der Waals surface area contributed by atoms with Crippen LogP contribution in [0.25, 0.3) is 0 Å². The van der Waals surface area contributed by atoms with Crippen molar-refractivity contribution >= 4 is 5.91 Å². The van der Waals surface area contributed by atoms with Crippen LogP contribution >= 0.6 is 0 Å². The van der Waals surface area contributed by atoms with Gasteiger partial charge in [0.1, 0.15) is 18.1 Å². The number of benzene rings is 2. The zero-order valence-corrected chi connectivity index (χ0v) is 11.7. The number of carbonyl (C=O) groups is 1. The van der Waals surface area contributed by atoms with E-state index in [-0.39, 0.29) is 18.8 Å². The van der Waals surface area contributed by atoms with Crippen LogP contribution in [-0.4, -0.2) is 12.5 Å². The Kier molecular flexibility index (Phi) is 5.30. The van der Waals surface area contributed by atoms with E-state index in [1.165, 1.54) is 6.07 Å². The number of halogens is 2. The summed E-state index contributed by atoms with van der Waals surface area (Å²) < 4.78 is 34.7. The minimum absolute atomic E-state index is 0.0723. The monoisotopic (exact) mass is 307 g/mol. The maximum Gasteiger partial charge on any atom is 0.387 e. The Morgan fingerprint density at radius 1 is 1.14 bits per heavy atom. The molecule has 0 aliphatic heterocycles. The zero-order chi connectivity index (χ0) is 15.9.